The van der Waals surface area contributed by atoms with Crippen molar-refractivity contribution in [2.24, 2.45) is 0 Å². The van der Waals surface area contributed by atoms with E-state index in [9.17, 15) is 18.0 Å². The van der Waals surface area contributed by atoms with Crippen molar-refractivity contribution >= 4 is 5.97 Å². The minimum absolute atomic E-state index is 0.00685. The molecule has 104 valence electrons. The van der Waals surface area contributed by atoms with Gasteiger partial charge in [0.2, 0.25) is 0 Å². The second-order valence-corrected chi connectivity index (χ2v) is 4.54. The second-order valence-electron chi connectivity index (χ2n) is 4.54. The number of carboxylic acid groups (broad SMARTS) is 1. The van der Waals surface area contributed by atoms with Gasteiger partial charge >= 0.3 is 12.1 Å². The molecular weight excluding hydrogens is 261 g/mol. The molecule has 0 radical (unpaired) electrons. The van der Waals surface area contributed by atoms with Gasteiger partial charge in [-0.1, -0.05) is 0 Å². The number of ether oxygens (including phenoxy) is 1. The molecule has 1 aromatic rings. The molecule has 19 heavy (non-hydrogen) atoms. The fraction of sp³-hybridized carbons (Fsp3) is 0.462. The van der Waals surface area contributed by atoms with Crippen LogP contribution in [0.15, 0.2) is 18.2 Å². The summed E-state index contributed by atoms with van der Waals surface area (Å²) in [6, 6.07) is 2.55. The highest BCUT2D eigenvalue weighted by Gasteiger charge is 2.32. The van der Waals surface area contributed by atoms with Crippen LogP contribution in [0.25, 0.3) is 0 Å². The minimum atomic E-state index is -4.56. The fourth-order valence-corrected chi connectivity index (χ4v) is 2.16. The highest BCUT2D eigenvalue weighted by Crippen LogP contribution is 2.34. The summed E-state index contributed by atoms with van der Waals surface area (Å²) in [7, 11) is 0. The maximum Gasteiger partial charge on any atom is 0.416 e. The number of carboxylic acids is 1. The van der Waals surface area contributed by atoms with Crippen LogP contribution in [0, 0.1) is 0 Å². The number of alkyl halides is 3. The number of carbonyl (C=O) groups is 1. The molecule has 0 atom stereocenters. The number of halogens is 3. The summed E-state index contributed by atoms with van der Waals surface area (Å²) in [6.07, 6.45) is -1.06. The number of hydrogen-bond acceptors (Lipinski definition) is 2. The largest absolute Gasteiger partial charge is 0.490 e. The van der Waals surface area contributed by atoms with Crippen molar-refractivity contribution in [1.29, 1.82) is 0 Å². The standard InChI is InChI=1S/C13H13F3O3/c14-13(15,16)8-5-6-11(10(7-8)12(17)18)19-9-3-1-2-4-9/h5-7,9H,1-4H2,(H,17,18). The lowest BCUT2D eigenvalue weighted by atomic mass is 10.1. The van der Waals surface area contributed by atoms with Gasteiger partial charge in [0.25, 0.3) is 0 Å². The van der Waals surface area contributed by atoms with Gasteiger partial charge in [0, 0.05) is 0 Å². The van der Waals surface area contributed by atoms with Gasteiger partial charge in [-0.3, -0.25) is 0 Å². The lowest BCUT2D eigenvalue weighted by Gasteiger charge is -2.16. The summed E-state index contributed by atoms with van der Waals surface area (Å²) < 4.78 is 43.1. The van der Waals surface area contributed by atoms with Crippen molar-refractivity contribution in [3.8, 4) is 5.75 Å². The molecule has 0 amide bonds. The molecule has 0 unspecified atom stereocenters. The van der Waals surface area contributed by atoms with Crippen LogP contribution in [0.4, 0.5) is 13.2 Å². The third kappa shape index (κ3) is 3.19. The Balaban J connectivity index is 2.29. The molecule has 1 aliphatic carbocycles. The van der Waals surface area contributed by atoms with Crippen LogP contribution < -0.4 is 4.74 Å². The lowest BCUT2D eigenvalue weighted by molar-refractivity contribution is -0.137. The summed E-state index contributed by atoms with van der Waals surface area (Å²) in [5, 5.41) is 8.98. The normalized spacial score (nSPS) is 16.6. The Kier molecular flexibility index (Phi) is 3.68. The molecule has 2 rings (SSSR count). The van der Waals surface area contributed by atoms with Crippen LogP contribution in [-0.4, -0.2) is 17.2 Å². The van der Waals surface area contributed by atoms with Gasteiger partial charge in [-0.15, -0.1) is 0 Å². The molecule has 0 bridgehead atoms. The average Bonchev–Trinajstić information content (AvgIpc) is 2.80. The zero-order valence-corrected chi connectivity index (χ0v) is 10.0. The minimum Gasteiger partial charge on any atom is -0.490 e. The fourth-order valence-electron chi connectivity index (χ4n) is 2.16. The quantitative estimate of drug-likeness (QED) is 0.913. The van der Waals surface area contributed by atoms with E-state index < -0.39 is 23.3 Å². The Labute approximate surface area is 108 Å². The van der Waals surface area contributed by atoms with E-state index in [1.54, 1.807) is 0 Å². The number of rotatable bonds is 3. The summed E-state index contributed by atoms with van der Waals surface area (Å²) >= 11 is 0. The molecule has 1 fully saturated rings. The SMILES string of the molecule is O=C(O)c1cc(C(F)(F)F)ccc1OC1CCCC1. The van der Waals surface area contributed by atoms with E-state index in [0.29, 0.717) is 6.07 Å². The number of aromatic carboxylic acids is 1. The third-order valence-corrected chi connectivity index (χ3v) is 3.13. The number of benzene rings is 1. The van der Waals surface area contributed by atoms with Crippen LogP contribution in [0.1, 0.15) is 41.6 Å². The molecule has 6 heteroatoms. The van der Waals surface area contributed by atoms with Crippen LogP contribution in [-0.2, 0) is 6.18 Å². The van der Waals surface area contributed by atoms with Crippen LogP contribution in [0.5, 0.6) is 5.75 Å². The van der Waals surface area contributed by atoms with Gasteiger partial charge < -0.3 is 9.84 Å². The van der Waals surface area contributed by atoms with Crippen LogP contribution >= 0.6 is 0 Å². The van der Waals surface area contributed by atoms with E-state index in [1.165, 1.54) is 0 Å². The van der Waals surface area contributed by atoms with Crippen molar-refractivity contribution in [2.75, 3.05) is 0 Å². The Morgan fingerprint density at radius 3 is 2.42 bits per heavy atom. The summed E-state index contributed by atoms with van der Waals surface area (Å²) in [5.41, 5.74) is -1.43. The smallest absolute Gasteiger partial charge is 0.416 e. The predicted octanol–water partition coefficient (Wildman–Crippen LogP) is 3.73. The van der Waals surface area contributed by atoms with Crippen molar-refractivity contribution in [1.82, 2.24) is 0 Å². The Bertz CT molecular complexity index is 477. The molecule has 1 N–H and O–H groups in total. The molecule has 1 aliphatic rings. The van der Waals surface area contributed by atoms with Gasteiger partial charge in [0.15, 0.2) is 0 Å². The van der Waals surface area contributed by atoms with Crippen LogP contribution in [0.3, 0.4) is 0 Å². The average molecular weight is 274 g/mol. The van der Waals surface area contributed by atoms with E-state index in [0.717, 1.165) is 37.8 Å². The summed E-state index contributed by atoms with van der Waals surface area (Å²) in [6.45, 7) is 0. The van der Waals surface area contributed by atoms with Crippen molar-refractivity contribution in [3.63, 3.8) is 0 Å². The first-order valence-corrected chi connectivity index (χ1v) is 5.99. The zero-order chi connectivity index (χ0) is 14.0. The topological polar surface area (TPSA) is 46.5 Å². The molecule has 3 nitrogen and oxygen atoms in total. The maximum absolute atomic E-state index is 12.5. The van der Waals surface area contributed by atoms with E-state index in [-0.39, 0.29) is 11.9 Å². The van der Waals surface area contributed by atoms with Gasteiger partial charge in [-0.2, -0.15) is 13.2 Å². The first kappa shape index (κ1) is 13.7. The highest BCUT2D eigenvalue weighted by atomic mass is 19.4. The van der Waals surface area contributed by atoms with Gasteiger partial charge in [0.05, 0.1) is 11.7 Å². The lowest BCUT2D eigenvalue weighted by Crippen LogP contribution is -2.15. The Hall–Kier alpha value is -1.72. The molecule has 1 saturated carbocycles. The van der Waals surface area contributed by atoms with Gasteiger partial charge in [0.1, 0.15) is 11.3 Å². The Morgan fingerprint density at radius 2 is 1.89 bits per heavy atom. The second kappa shape index (κ2) is 5.11. The van der Waals surface area contributed by atoms with E-state index in [4.69, 9.17) is 9.84 Å². The highest BCUT2D eigenvalue weighted by molar-refractivity contribution is 5.91. The molecular formula is C13H13F3O3. The molecule has 0 aromatic heterocycles. The zero-order valence-electron chi connectivity index (χ0n) is 10.0. The number of hydrogen-bond donors (Lipinski definition) is 1. The van der Waals surface area contributed by atoms with E-state index in [1.807, 2.05) is 0 Å². The van der Waals surface area contributed by atoms with Crippen molar-refractivity contribution in [2.45, 2.75) is 38.0 Å². The molecule has 0 heterocycles. The van der Waals surface area contributed by atoms with Crippen molar-refractivity contribution in [3.05, 3.63) is 29.3 Å². The van der Waals surface area contributed by atoms with Crippen LogP contribution in [0.2, 0.25) is 0 Å². The van der Waals surface area contributed by atoms with Gasteiger partial charge in [-0.05, 0) is 43.9 Å². The van der Waals surface area contributed by atoms with Gasteiger partial charge in [-0.25, -0.2) is 4.79 Å². The summed E-state index contributed by atoms with van der Waals surface area (Å²) in [5.74, 6) is -1.41. The Morgan fingerprint density at radius 1 is 1.26 bits per heavy atom. The molecule has 0 spiro atoms. The molecule has 1 aromatic carbocycles. The monoisotopic (exact) mass is 274 g/mol. The summed E-state index contributed by atoms with van der Waals surface area (Å²) in [4.78, 5) is 11.0. The molecule has 0 saturated heterocycles. The van der Waals surface area contributed by atoms with E-state index >= 15 is 0 Å². The van der Waals surface area contributed by atoms with E-state index in [2.05, 4.69) is 0 Å². The van der Waals surface area contributed by atoms with Crippen molar-refractivity contribution < 1.29 is 27.8 Å². The third-order valence-electron chi connectivity index (χ3n) is 3.13. The first-order valence-electron chi connectivity index (χ1n) is 5.99. The molecule has 0 aliphatic heterocycles. The first-order chi connectivity index (χ1) is 8.88. The maximum atomic E-state index is 12.5. The predicted molar refractivity (Wildman–Crippen MR) is 61.3 cm³/mol.